The normalized spacial score (nSPS) is 28.4. The first-order valence-corrected chi connectivity index (χ1v) is 17.0. The van der Waals surface area contributed by atoms with Crippen molar-refractivity contribution in [3.05, 3.63) is 47.5 Å². The van der Waals surface area contributed by atoms with Crippen LogP contribution in [0.1, 0.15) is 90.2 Å². The second-order valence-corrected chi connectivity index (χ2v) is 14.2. The third kappa shape index (κ3) is 8.26. The molecule has 0 spiro atoms. The number of hydrogen-bond acceptors (Lipinski definition) is 7. The summed E-state index contributed by atoms with van der Waals surface area (Å²) in [5, 5.41) is 8.68. The van der Waals surface area contributed by atoms with Gasteiger partial charge in [0.1, 0.15) is 29.3 Å². The molecule has 4 aliphatic rings. The smallest absolute Gasteiger partial charge is 0.410 e. The molecule has 5 rings (SSSR count). The van der Waals surface area contributed by atoms with Crippen LogP contribution < -0.4 is 16.0 Å². The Balaban J connectivity index is 1.38. The summed E-state index contributed by atoms with van der Waals surface area (Å²) in [4.78, 5) is 70.8. The first-order chi connectivity index (χ1) is 22.4. The molecule has 1 aliphatic carbocycles. The Bertz CT molecular complexity index is 1370. The topological polar surface area (TPSA) is 146 Å². The number of alkyl carbamates (subject to hydrolysis) is 1. The maximum atomic E-state index is 14.2. The molecule has 1 aromatic carbocycles. The lowest BCUT2D eigenvalue weighted by Crippen LogP contribution is -2.58. The standard InChI is InChI=1S/C35H49N5O7/c1-5-17-36-31(43)35-19-25(35)15-9-7-6-8-10-16-27(37-32(44)47-34(2,3)4)30(42)40-22-26(18-28(40)29(41)38-35)46-33(45)39-20-23-13-11-12-14-24(23)21-39/h9,11-15,25-28H,5-8,10,16-22H2,1-4H3,(H,36,43)(H,37,44)(H,38,41)/b15-9-/t25-,26-,27+,28+,35-/m1/s1. The van der Waals surface area contributed by atoms with Gasteiger partial charge in [-0.25, -0.2) is 9.59 Å². The molecule has 5 atom stereocenters. The Labute approximate surface area is 277 Å². The Morgan fingerprint density at radius 2 is 1.79 bits per heavy atom. The number of ether oxygens (including phenoxy) is 2. The van der Waals surface area contributed by atoms with Crippen molar-refractivity contribution in [2.24, 2.45) is 5.92 Å². The van der Waals surface area contributed by atoms with Crippen molar-refractivity contribution < 1.29 is 33.4 Å². The number of fused-ring (bicyclic) bond motifs is 3. The molecule has 5 amide bonds. The highest BCUT2D eigenvalue weighted by Gasteiger charge is 2.61. The predicted octanol–water partition coefficient (Wildman–Crippen LogP) is 3.92. The number of benzene rings is 1. The Morgan fingerprint density at radius 1 is 1.06 bits per heavy atom. The van der Waals surface area contributed by atoms with Crippen LogP contribution in [0.2, 0.25) is 0 Å². The molecule has 12 heteroatoms. The van der Waals surface area contributed by atoms with E-state index < -0.39 is 53.3 Å². The molecule has 3 aliphatic heterocycles. The van der Waals surface area contributed by atoms with Gasteiger partial charge in [0.2, 0.25) is 17.7 Å². The lowest BCUT2D eigenvalue weighted by atomic mass is 10.0. The van der Waals surface area contributed by atoms with E-state index >= 15 is 0 Å². The van der Waals surface area contributed by atoms with Crippen molar-refractivity contribution in [2.75, 3.05) is 13.1 Å². The molecule has 12 nitrogen and oxygen atoms in total. The fourth-order valence-electron chi connectivity index (χ4n) is 6.69. The van der Waals surface area contributed by atoms with Gasteiger partial charge in [-0.15, -0.1) is 0 Å². The highest BCUT2D eigenvalue weighted by molar-refractivity contribution is 5.98. The molecule has 1 saturated carbocycles. The van der Waals surface area contributed by atoms with Gasteiger partial charge in [0, 0.05) is 32.0 Å². The molecule has 0 radical (unpaired) electrons. The van der Waals surface area contributed by atoms with Gasteiger partial charge in [0.05, 0.1) is 6.54 Å². The largest absolute Gasteiger partial charge is 0.444 e. The zero-order valence-electron chi connectivity index (χ0n) is 28.0. The fourth-order valence-corrected chi connectivity index (χ4v) is 6.69. The van der Waals surface area contributed by atoms with Crippen LogP contribution in [-0.2, 0) is 36.9 Å². The third-order valence-corrected chi connectivity index (χ3v) is 9.24. The Hall–Kier alpha value is -4.09. The monoisotopic (exact) mass is 651 g/mol. The molecule has 0 bridgehead atoms. The van der Waals surface area contributed by atoms with E-state index in [9.17, 15) is 24.0 Å². The number of carbonyl (C=O) groups is 5. The summed E-state index contributed by atoms with van der Waals surface area (Å²) in [5.74, 6) is -1.35. The summed E-state index contributed by atoms with van der Waals surface area (Å²) in [6, 6.07) is 5.85. The molecular formula is C35H49N5O7. The van der Waals surface area contributed by atoms with Crippen molar-refractivity contribution >= 4 is 29.9 Å². The summed E-state index contributed by atoms with van der Waals surface area (Å²) in [7, 11) is 0. The van der Waals surface area contributed by atoms with Crippen LogP contribution in [0.4, 0.5) is 9.59 Å². The van der Waals surface area contributed by atoms with Gasteiger partial charge in [-0.05, 0) is 64.0 Å². The summed E-state index contributed by atoms with van der Waals surface area (Å²) < 4.78 is 11.4. The van der Waals surface area contributed by atoms with E-state index in [1.165, 1.54) is 4.90 Å². The van der Waals surface area contributed by atoms with Gasteiger partial charge >= 0.3 is 12.2 Å². The number of amides is 5. The second-order valence-electron chi connectivity index (χ2n) is 14.2. The maximum absolute atomic E-state index is 14.2. The summed E-state index contributed by atoms with van der Waals surface area (Å²) in [5.41, 5.74) is 0.224. The van der Waals surface area contributed by atoms with E-state index in [-0.39, 0.29) is 24.8 Å². The molecule has 47 heavy (non-hydrogen) atoms. The molecule has 1 saturated heterocycles. The van der Waals surface area contributed by atoms with Crippen LogP contribution in [0.5, 0.6) is 0 Å². The van der Waals surface area contributed by atoms with E-state index in [2.05, 4.69) is 22.0 Å². The number of nitrogens with one attached hydrogen (secondary N) is 3. The van der Waals surface area contributed by atoms with E-state index in [1.807, 2.05) is 37.3 Å². The number of nitrogens with zero attached hydrogens (tertiary/aromatic N) is 2. The molecule has 3 heterocycles. The SMILES string of the molecule is CCCNC(=O)[C@@]12C[C@H]1/C=C\CCCCC[C@H](NC(=O)OC(C)(C)C)C(=O)N1C[C@H](OC(=O)N3Cc4ccccc4C3)C[C@H]1C(=O)N2. The predicted molar refractivity (Wildman–Crippen MR) is 174 cm³/mol. The van der Waals surface area contributed by atoms with Crippen LogP contribution in [0.25, 0.3) is 0 Å². The number of allylic oxidation sites excluding steroid dienone is 1. The van der Waals surface area contributed by atoms with Crippen molar-refractivity contribution in [1.82, 2.24) is 25.8 Å². The fraction of sp³-hybridized carbons (Fsp3) is 0.629. The first kappa shape index (κ1) is 34.3. The summed E-state index contributed by atoms with van der Waals surface area (Å²) in [6.45, 7) is 8.49. The third-order valence-electron chi connectivity index (χ3n) is 9.24. The Kier molecular flexibility index (Phi) is 10.5. The van der Waals surface area contributed by atoms with Gasteiger partial charge in [0.25, 0.3) is 0 Å². The number of carbonyl (C=O) groups excluding carboxylic acids is 5. The van der Waals surface area contributed by atoms with Gasteiger partial charge in [-0.3, -0.25) is 19.3 Å². The van der Waals surface area contributed by atoms with Crippen LogP contribution in [-0.4, -0.2) is 82.1 Å². The van der Waals surface area contributed by atoms with Crippen molar-refractivity contribution in [1.29, 1.82) is 0 Å². The quantitative estimate of drug-likeness (QED) is 0.409. The zero-order valence-corrected chi connectivity index (χ0v) is 28.0. The average molecular weight is 652 g/mol. The van der Waals surface area contributed by atoms with E-state index in [0.29, 0.717) is 38.9 Å². The lowest BCUT2D eigenvalue weighted by molar-refractivity contribution is -0.141. The number of rotatable bonds is 5. The van der Waals surface area contributed by atoms with E-state index in [0.717, 1.165) is 36.8 Å². The molecule has 3 N–H and O–H groups in total. The van der Waals surface area contributed by atoms with E-state index in [1.54, 1.807) is 25.7 Å². The summed E-state index contributed by atoms with van der Waals surface area (Å²) >= 11 is 0. The van der Waals surface area contributed by atoms with Crippen molar-refractivity contribution in [3.8, 4) is 0 Å². The highest BCUT2D eigenvalue weighted by atomic mass is 16.6. The van der Waals surface area contributed by atoms with Gasteiger partial charge in [0.15, 0.2) is 0 Å². The minimum atomic E-state index is -1.11. The second kappa shape index (κ2) is 14.4. The van der Waals surface area contributed by atoms with Crippen LogP contribution in [0.15, 0.2) is 36.4 Å². The number of hydrogen-bond donors (Lipinski definition) is 3. The van der Waals surface area contributed by atoms with Gasteiger partial charge in [-0.1, -0.05) is 56.2 Å². The van der Waals surface area contributed by atoms with Gasteiger partial charge in [-0.2, -0.15) is 0 Å². The average Bonchev–Trinajstić information content (AvgIpc) is 3.33. The minimum absolute atomic E-state index is 0.0195. The molecule has 0 aromatic heterocycles. The van der Waals surface area contributed by atoms with Crippen molar-refractivity contribution in [3.63, 3.8) is 0 Å². The zero-order chi connectivity index (χ0) is 33.8. The molecule has 1 aromatic rings. The molecular weight excluding hydrogens is 602 g/mol. The molecule has 0 unspecified atom stereocenters. The first-order valence-electron chi connectivity index (χ1n) is 17.0. The lowest BCUT2D eigenvalue weighted by Gasteiger charge is -2.30. The van der Waals surface area contributed by atoms with Crippen LogP contribution >= 0.6 is 0 Å². The van der Waals surface area contributed by atoms with Gasteiger partial charge < -0.3 is 30.3 Å². The Morgan fingerprint density at radius 3 is 2.47 bits per heavy atom. The van der Waals surface area contributed by atoms with Crippen LogP contribution in [0, 0.1) is 5.92 Å². The summed E-state index contributed by atoms with van der Waals surface area (Å²) in [6.07, 6.45) is 6.88. The minimum Gasteiger partial charge on any atom is -0.444 e. The molecule has 256 valence electrons. The van der Waals surface area contributed by atoms with Crippen molar-refractivity contribution in [2.45, 2.75) is 121 Å². The highest BCUT2D eigenvalue weighted by Crippen LogP contribution is 2.45. The maximum Gasteiger partial charge on any atom is 0.410 e. The van der Waals surface area contributed by atoms with E-state index in [4.69, 9.17) is 9.47 Å². The van der Waals surface area contributed by atoms with Crippen LogP contribution in [0.3, 0.4) is 0 Å². The molecule has 2 fully saturated rings.